The Morgan fingerprint density at radius 1 is 1.06 bits per heavy atom. The first kappa shape index (κ1) is 26.4. The normalized spacial score (nSPS) is 10.4. The van der Waals surface area contributed by atoms with E-state index in [0.717, 1.165) is 5.56 Å². The fraction of sp³-hybridized carbons (Fsp3) is 0.192. The highest BCUT2D eigenvalue weighted by Gasteiger charge is 2.16. The third kappa shape index (κ3) is 7.13. The average molecular weight is 511 g/mol. The van der Waals surface area contributed by atoms with E-state index in [9.17, 15) is 9.59 Å². The smallest absolute Gasteiger partial charge is 0.341 e. The number of anilines is 1. The van der Waals surface area contributed by atoms with Crippen LogP contribution in [0.5, 0.6) is 11.5 Å². The molecule has 10 heteroatoms. The van der Waals surface area contributed by atoms with E-state index in [1.807, 2.05) is 6.92 Å². The van der Waals surface area contributed by atoms with E-state index >= 15 is 0 Å². The van der Waals surface area contributed by atoms with Gasteiger partial charge in [0, 0.05) is 34.9 Å². The topological polar surface area (TPSA) is 147 Å². The van der Waals surface area contributed by atoms with Gasteiger partial charge in [0.1, 0.15) is 5.84 Å². The Labute approximate surface area is 213 Å². The summed E-state index contributed by atoms with van der Waals surface area (Å²) in [6, 6.07) is 17.2. The van der Waals surface area contributed by atoms with Gasteiger partial charge in [-0.15, -0.1) is 0 Å². The summed E-state index contributed by atoms with van der Waals surface area (Å²) in [5.74, 6) is -0.705. The minimum atomic E-state index is -1.10. The lowest BCUT2D eigenvalue weighted by Gasteiger charge is -2.17. The monoisotopic (exact) mass is 510 g/mol. The highest BCUT2D eigenvalue weighted by molar-refractivity contribution is 6.31. The molecular weight excluding hydrogens is 484 g/mol. The molecule has 3 rings (SSSR count). The Kier molecular flexibility index (Phi) is 9.13. The van der Waals surface area contributed by atoms with Crippen molar-refractivity contribution in [2.75, 3.05) is 18.5 Å². The van der Waals surface area contributed by atoms with Crippen LogP contribution in [-0.2, 0) is 17.9 Å². The van der Waals surface area contributed by atoms with Gasteiger partial charge >= 0.3 is 5.97 Å². The molecule has 3 aromatic rings. The number of carboxylic acids is 1. The van der Waals surface area contributed by atoms with Crippen molar-refractivity contribution in [2.45, 2.75) is 20.0 Å². The van der Waals surface area contributed by atoms with Crippen molar-refractivity contribution < 1.29 is 24.2 Å². The molecule has 0 saturated carbocycles. The first-order chi connectivity index (χ1) is 17.3. The predicted molar refractivity (Wildman–Crippen MR) is 138 cm³/mol. The van der Waals surface area contributed by atoms with Crippen LogP contribution in [0.4, 0.5) is 5.69 Å². The maximum Gasteiger partial charge on any atom is 0.341 e. The number of rotatable bonds is 12. The Hall–Kier alpha value is -4.24. The van der Waals surface area contributed by atoms with Crippen LogP contribution in [0.2, 0.25) is 5.02 Å². The Morgan fingerprint density at radius 2 is 1.81 bits per heavy atom. The van der Waals surface area contributed by atoms with Crippen LogP contribution in [0.3, 0.4) is 0 Å². The van der Waals surface area contributed by atoms with E-state index in [0.29, 0.717) is 45.5 Å². The van der Waals surface area contributed by atoms with Gasteiger partial charge in [-0.2, -0.15) is 0 Å². The van der Waals surface area contributed by atoms with E-state index in [4.69, 9.17) is 37.3 Å². The van der Waals surface area contributed by atoms with Gasteiger partial charge in [0.05, 0.1) is 12.2 Å². The number of nitrogens with one attached hydrogen (secondary N) is 3. The van der Waals surface area contributed by atoms with Crippen LogP contribution in [0.1, 0.15) is 34.0 Å². The number of carboxylic acid groups (broad SMARTS) is 1. The van der Waals surface area contributed by atoms with Crippen LogP contribution in [-0.4, -0.2) is 36.0 Å². The Morgan fingerprint density at radius 3 is 2.47 bits per heavy atom. The average Bonchev–Trinajstić information content (AvgIpc) is 2.86. The third-order valence-electron chi connectivity index (χ3n) is 5.11. The van der Waals surface area contributed by atoms with Gasteiger partial charge in [-0.25, -0.2) is 4.79 Å². The molecule has 0 atom stereocenters. The maximum atomic E-state index is 13.0. The predicted octanol–water partition coefficient (Wildman–Crippen LogP) is 4.03. The number of amidine groups is 1. The van der Waals surface area contributed by atoms with Gasteiger partial charge in [0.2, 0.25) is 0 Å². The van der Waals surface area contributed by atoms with Crippen LogP contribution in [0.25, 0.3) is 0 Å². The fourth-order valence-corrected chi connectivity index (χ4v) is 3.57. The molecule has 9 nitrogen and oxygen atoms in total. The van der Waals surface area contributed by atoms with E-state index < -0.39 is 12.6 Å². The lowest BCUT2D eigenvalue weighted by molar-refractivity contribution is -0.139. The molecule has 0 aliphatic heterocycles. The second kappa shape index (κ2) is 12.5. The first-order valence-electron chi connectivity index (χ1n) is 11.1. The number of amides is 1. The van der Waals surface area contributed by atoms with Gasteiger partial charge in [0.25, 0.3) is 5.91 Å². The lowest BCUT2D eigenvalue weighted by atomic mass is 10.1. The van der Waals surface area contributed by atoms with E-state index in [-0.39, 0.29) is 24.8 Å². The summed E-state index contributed by atoms with van der Waals surface area (Å²) in [5.41, 5.74) is 8.47. The zero-order valence-electron chi connectivity index (χ0n) is 19.6. The number of halogens is 1. The maximum absolute atomic E-state index is 13.0. The van der Waals surface area contributed by atoms with Crippen molar-refractivity contribution in [2.24, 2.45) is 5.73 Å². The van der Waals surface area contributed by atoms with Gasteiger partial charge in [-0.1, -0.05) is 48.0 Å². The minimum Gasteiger partial charge on any atom is -0.490 e. The molecule has 0 aliphatic carbocycles. The largest absolute Gasteiger partial charge is 0.490 e. The number of benzene rings is 3. The molecule has 0 heterocycles. The van der Waals surface area contributed by atoms with Gasteiger partial charge < -0.3 is 30.9 Å². The van der Waals surface area contributed by atoms with Crippen molar-refractivity contribution in [1.82, 2.24) is 5.32 Å². The number of ether oxygens (including phenoxy) is 2. The summed E-state index contributed by atoms with van der Waals surface area (Å²) >= 11 is 6.16. The summed E-state index contributed by atoms with van der Waals surface area (Å²) in [5, 5.41) is 23.0. The number of hydrogen-bond acceptors (Lipinski definition) is 6. The molecule has 0 spiro atoms. The molecule has 0 aromatic heterocycles. The molecule has 0 unspecified atom stereocenters. The molecule has 6 N–H and O–H groups in total. The Balaban J connectivity index is 1.76. The lowest BCUT2D eigenvalue weighted by Crippen LogP contribution is -2.24. The molecule has 0 fully saturated rings. The molecule has 1 amide bonds. The zero-order valence-corrected chi connectivity index (χ0v) is 20.4. The zero-order chi connectivity index (χ0) is 26.1. The van der Waals surface area contributed by atoms with Crippen LogP contribution in [0, 0.1) is 5.41 Å². The molecule has 188 valence electrons. The number of aliphatic carboxylic acids is 1. The highest BCUT2D eigenvalue weighted by Crippen LogP contribution is 2.32. The molecule has 36 heavy (non-hydrogen) atoms. The van der Waals surface area contributed by atoms with Crippen LogP contribution < -0.4 is 25.8 Å². The van der Waals surface area contributed by atoms with Gasteiger partial charge in [0.15, 0.2) is 18.1 Å². The third-order valence-corrected chi connectivity index (χ3v) is 5.35. The molecular formula is C26H27ClN4O5. The number of hydrogen-bond donors (Lipinski definition) is 5. The van der Waals surface area contributed by atoms with Crippen LogP contribution >= 0.6 is 11.6 Å². The number of carbonyl (C=O) groups is 2. The fourth-order valence-electron chi connectivity index (χ4n) is 3.40. The summed E-state index contributed by atoms with van der Waals surface area (Å²) in [6.07, 6.45) is 0. The summed E-state index contributed by atoms with van der Waals surface area (Å²) in [7, 11) is 0. The highest BCUT2D eigenvalue weighted by atomic mass is 35.5. The van der Waals surface area contributed by atoms with E-state index in [1.54, 1.807) is 60.7 Å². The molecule has 0 radical (unpaired) electrons. The minimum absolute atomic E-state index is 0.0245. The van der Waals surface area contributed by atoms with Crippen molar-refractivity contribution in [3.63, 3.8) is 0 Å². The summed E-state index contributed by atoms with van der Waals surface area (Å²) in [4.78, 5) is 24.0. The molecule has 0 saturated heterocycles. The molecule has 3 aromatic carbocycles. The standard InChI is InChI=1S/C26H27ClN4O5/c1-2-35-22-5-3-4-18(24(22)36-15-23(32)33)14-30-21-11-10-19(27)12-20(21)26(34)31-13-16-6-8-17(9-7-16)25(28)29/h3-12,30H,2,13-15H2,1H3,(H3,28,29)(H,31,34)(H,32,33). The molecule has 0 bridgehead atoms. The number of nitrogens with two attached hydrogens (primary N) is 1. The van der Waals surface area contributed by atoms with Crippen molar-refractivity contribution in [1.29, 1.82) is 5.41 Å². The SMILES string of the molecule is CCOc1cccc(CNc2ccc(Cl)cc2C(=O)NCc2ccc(C(=N)N)cc2)c1OCC(=O)O. The van der Waals surface area contributed by atoms with Crippen molar-refractivity contribution >= 4 is 35.0 Å². The summed E-state index contributed by atoms with van der Waals surface area (Å²) < 4.78 is 11.1. The van der Waals surface area contributed by atoms with Crippen molar-refractivity contribution in [3.05, 3.63) is 87.9 Å². The van der Waals surface area contributed by atoms with Gasteiger partial charge in [-0.05, 0) is 36.8 Å². The quantitative estimate of drug-likeness (QED) is 0.182. The van der Waals surface area contributed by atoms with Crippen LogP contribution in [0.15, 0.2) is 60.7 Å². The van der Waals surface area contributed by atoms with Crippen molar-refractivity contribution in [3.8, 4) is 11.5 Å². The number of para-hydroxylation sites is 1. The van der Waals surface area contributed by atoms with E-state index in [2.05, 4.69) is 10.6 Å². The van der Waals surface area contributed by atoms with E-state index in [1.165, 1.54) is 0 Å². The summed E-state index contributed by atoms with van der Waals surface area (Å²) in [6.45, 7) is 2.21. The molecule has 0 aliphatic rings. The Bertz CT molecular complexity index is 1250. The number of nitrogen functional groups attached to an aromatic ring is 1. The second-order valence-corrected chi connectivity index (χ2v) is 8.13. The van der Waals surface area contributed by atoms with Gasteiger partial charge in [-0.3, -0.25) is 10.2 Å². The second-order valence-electron chi connectivity index (χ2n) is 7.70. The number of carbonyl (C=O) groups excluding carboxylic acids is 1. The first-order valence-corrected chi connectivity index (χ1v) is 11.5.